The molecule has 0 aliphatic heterocycles. The van der Waals surface area contributed by atoms with Crippen molar-refractivity contribution >= 4 is 23.2 Å². The van der Waals surface area contributed by atoms with Gasteiger partial charge in [0.05, 0.1) is 0 Å². The molecule has 2 aromatic rings. The van der Waals surface area contributed by atoms with Crippen molar-refractivity contribution in [1.82, 2.24) is 4.98 Å². The van der Waals surface area contributed by atoms with Crippen LogP contribution in [0.1, 0.15) is 0 Å². The molecule has 0 saturated heterocycles. The average Bonchev–Trinajstić information content (AvgIpc) is 2.54. The number of rotatable bonds is 2. The van der Waals surface area contributed by atoms with E-state index in [1.54, 1.807) is 18.2 Å². The average molecular weight is 229 g/mol. The second-order valence-electron chi connectivity index (χ2n) is 2.48. The molecule has 2 rings (SSSR count). The summed E-state index contributed by atoms with van der Waals surface area (Å²) in [5.74, 6) is 0.732. The molecule has 71 valence electrons. The molecule has 0 fully saturated rings. The highest BCUT2D eigenvalue weighted by molar-refractivity contribution is 6.34. The highest BCUT2D eigenvalue weighted by Crippen LogP contribution is 2.27. The third-order valence-corrected chi connectivity index (χ3v) is 1.86. The third kappa shape index (κ3) is 2.19. The fourth-order valence-corrected chi connectivity index (χ4v) is 1.43. The van der Waals surface area contributed by atoms with Crippen LogP contribution in [0.4, 0.5) is 0 Å². The standard InChI is InChI=1S/C9H4Cl2NO2/c10-6-1-7(11)3-8(2-6)14-9-4-12-5-13-9/h1-4H. The van der Waals surface area contributed by atoms with Crippen LogP contribution < -0.4 is 4.74 Å². The van der Waals surface area contributed by atoms with Gasteiger partial charge in [0.25, 0.3) is 6.39 Å². The van der Waals surface area contributed by atoms with E-state index in [1.165, 1.54) is 6.20 Å². The van der Waals surface area contributed by atoms with Crippen molar-refractivity contribution in [3.8, 4) is 11.7 Å². The molecular formula is C9H4Cl2NO2. The van der Waals surface area contributed by atoms with Crippen molar-refractivity contribution in [3.05, 3.63) is 40.8 Å². The zero-order chi connectivity index (χ0) is 9.97. The topological polar surface area (TPSA) is 35.3 Å². The minimum Gasteiger partial charge on any atom is -0.425 e. The van der Waals surface area contributed by atoms with E-state index in [4.69, 9.17) is 32.4 Å². The van der Waals surface area contributed by atoms with Gasteiger partial charge in [-0.15, -0.1) is 0 Å². The summed E-state index contributed by atoms with van der Waals surface area (Å²) in [7, 11) is 0. The Hall–Kier alpha value is -1.19. The highest BCUT2D eigenvalue weighted by atomic mass is 35.5. The molecule has 1 aromatic carbocycles. The van der Waals surface area contributed by atoms with E-state index in [0.29, 0.717) is 15.8 Å². The molecule has 0 atom stereocenters. The summed E-state index contributed by atoms with van der Waals surface area (Å²) in [5, 5.41) is 0.993. The number of hydrogen-bond donors (Lipinski definition) is 0. The molecule has 0 aliphatic carbocycles. The van der Waals surface area contributed by atoms with Gasteiger partial charge in [-0.1, -0.05) is 23.2 Å². The first-order valence-electron chi connectivity index (χ1n) is 3.70. The zero-order valence-corrected chi connectivity index (χ0v) is 8.34. The van der Waals surface area contributed by atoms with Crippen molar-refractivity contribution in [2.24, 2.45) is 0 Å². The number of aromatic nitrogens is 1. The van der Waals surface area contributed by atoms with Crippen LogP contribution in [0.3, 0.4) is 0 Å². The third-order valence-electron chi connectivity index (χ3n) is 1.42. The molecule has 3 nitrogen and oxygen atoms in total. The monoisotopic (exact) mass is 228 g/mol. The molecule has 0 aliphatic rings. The van der Waals surface area contributed by atoms with Gasteiger partial charge in [-0.2, -0.15) is 0 Å². The number of ether oxygens (including phenoxy) is 1. The lowest BCUT2D eigenvalue weighted by Gasteiger charge is -2.01. The predicted molar refractivity (Wildman–Crippen MR) is 51.9 cm³/mol. The number of halogens is 2. The van der Waals surface area contributed by atoms with Crippen LogP contribution in [0.2, 0.25) is 10.0 Å². The number of hydrogen-bond acceptors (Lipinski definition) is 3. The smallest absolute Gasteiger partial charge is 0.311 e. The molecular weight excluding hydrogens is 225 g/mol. The van der Waals surface area contributed by atoms with E-state index in [-0.39, 0.29) is 5.95 Å². The highest BCUT2D eigenvalue weighted by Gasteiger charge is 2.03. The van der Waals surface area contributed by atoms with Gasteiger partial charge < -0.3 is 9.15 Å². The van der Waals surface area contributed by atoms with Crippen LogP contribution in [0, 0.1) is 6.39 Å². The van der Waals surface area contributed by atoms with E-state index in [0.717, 1.165) is 0 Å². The summed E-state index contributed by atoms with van der Waals surface area (Å²) in [5.41, 5.74) is 0. The van der Waals surface area contributed by atoms with E-state index in [2.05, 4.69) is 11.4 Å². The van der Waals surface area contributed by atoms with Crippen LogP contribution in [-0.2, 0) is 0 Å². The van der Waals surface area contributed by atoms with Crippen LogP contribution in [-0.4, -0.2) is 4.98 Å². The van der Waals surface area contributed by atoms with E-state index >= 15 is 0 Å². The second kappa shape index (κ2) is 3.90. The minimum absolute atomic E-state index is 0.239. The lowest BCUT2D eigenvalue weighted by atomic mass is 10.3. The molecule has 1 radical (unpaired) electrons. The van der Waals surface area contributed by atoms with E-state index in [9.17, 15) is 0 Å². The lowest BCUT2D eigenvalue weighted by molar-refractivity contribution is 0.343. The lowest BCUT2D eigenvalue weighted by Crippen LogP contribution is -1.81. The van der Waals surface area contributed by atoms with Crippen molar-refractivity contribution in [3.63, 3.8) is 0 Å². The van der Waals surface area contributed by atoms with E-state index < -0.39 is 0 Å². The number of nitrogens with zero attached hydrogens (tertiary/aromatic N) is 1. The van der Waals surface area contributed by atoms with Gasteiger partial charge >= 0.3 is 5.95 Å². The van der Waals surface area contributed by atoms with Gasteiger partial charge in [0.1, 0.15) is 11.9 Å². The van der Waals surface area contributed by atoms with Crippen molar-refractivity contribution < 1.29 is 9.15 Å². The zero-order valence-electron chi connectivity index (χ0n) is 6.83. The van der Waals surface area contributed by atoms with Gasteiger partial charge in [-0.3, -0.25) is 0 Å². The van der Waals surface area contributed by atoms with Gasteiger partial charge in [-0.05, 0) is 18.2 Å². The summed E-state index contributed by atoms with van der Waals surface area (Å²) < 4.78 is 10.0. The first-order chi connectivity index (χ1) is 6.74. The Bertz CT molecular complexity index is 408. The molecule has 0 amide bonds. The maximum absolute atomic E-state index is 5.77. The van der Waals surface area contributed by atoms with Gasteiger partial charge in [0, 0.05) is 10.0 Å². The van der Waals surface area contributed by atoms with Crippen LogP contribution in [0.15, 0.2) is 28.8 Å². The minimum atomic E-state index is 0.239. The van der Waals surface area contributed by atoms with Gasteiger partial charge in [0.15, 0.2) is 0 Å². The molecule has 1 heterocycles. The normalized spacial score (nSPS) is 10.1. The Morgan fingerprint density at radius 1 is 1.21 bits per heavy atom. The molecule has 0 bridgehead atoms. The molecule has 5 heteroatoms. The van der Waals surface area contributed by atoms with E-state index in [1.807, 2.05) is 0 Å². The summed E-state index contributed by atoms with van der Waals surface area (Å²) in [6.45, 7) is 0. The maximum atomic E-state index is 5.77. The fraction of sp³-hybridized carbons (Fsp3) is 0. The van der Waals surface area contributed by atoms with Crippen LogP contribution in [0.5, 0.6) is 11.7 Å². The number of oxazole rings is 1. The van der Waals surface area contributed by atoms with Crippen molar-refractivity contribution in [1.29, 1.82) is 0 Å². The SMILES string of the molecule is Clc1cc(Cl)cc(Oc2cn[c]o2)c1. The molecule has 14 heavy (non-hydrogen) atoms. The fourth-order valence-electron chi connectivity index (χ4n) is 0.928. The Kier molecular flexibility index (Phi) is 2.61. The molecule has 0 unspecified atom stereocenters. The Balaban J connectivity index is 2.25. The Morgan fingerprint density at radius 2 is 1.93 bits per heavy atom. The first-order valence-corrected chi connectivity index (χ1v) is 4.45. The van der Waals surface area contributed by atoms with Gasteiger partial charge in [0.2, 0.25) is 0 Å². The summed E-state index contributed by atoms with van der Waals surface area (Å²) in [6.07, 6.45) is 3.66. The molecule has 0 spiro atoms. The Labute approximate surface area is 90.2 Å². The second-order valence-corrected chi connectivity index (χ2v) is 3.35. The summed E-state index contributed by atoms with van der Waals surface area (Å²) in [4.78, 5) is 3.58. The van der Waals surface area contributed by atoms with Gasteiger partial charge in [-0.25, -0.2) is 4.98 Å². The quantitative estimate of drug-likeness (QED) is 0.789. The largest absolute Gasteiger partial charge is 0.425 e. The molecule has 1 aromatic heterocycles. The molecule has 0 saturated carbocycles. The van der Waals surface area contributed by atoms with Crippen LogP contribution in [0.25, 0.3) is 0 Å². The molecule has 0 N–H and O–H groups in total. The number of benzene rings is 1. The summed E-state index contributed by atoms with van der Waals surface area (Å²) in [6, 6.07) is 4.86. The van der Waals surface area contributed by atoms with Crippen LogP contribution >= 0.6 is 23.2 Å². The Morgan fingerprint density at radius 3 is 2.50 bits per heavy atom. The maximum Gasteiger partial charge on any atom is 0.311 e. The van der Waals surface area contributed by atoms with Crippen molar-refractivity contribution in [2.75, 3.05) is 0 Å². The predicted octanol–water partition coefficient (Wildman–Crippen LogP) is 3.57. The summed E-state index contributed by atoms with van der Waals surface area (Å²) >= 11 is 11.5. The van der Waals surface area contributed by atoms with Crippen molar-refractivity contribution in [2.45, 2.75) is 0 Å². The first kappa shape index (κ1) is 9.37.